The number of benzene rings is 1. The van der Waals surface area contributed by atoms with Gasteiger partial charge in [-0.1, -0.05) is 61.9 Å². The Hall–Kier alpha value is -0.830. The van der Waals surface area contributed by atoms with E-state index in [1.807, 2.05) is 6.08 Å². The highest BCUT2D eigenvalue weighted by atomic mass is 35.5. The number of halogens is 1. The lowest BCUT2D eigenvalue weighted by molar-refractivity contribution is 0.0501. The second kappa shape index (κ2) is 6.75. The number of nitrogens with one attached hydrogen (secondary N) is 1. The Labute approximate surface area is 127 Å². The molecule has 0 amide bonds. The van der Waals surface area contributed by atoms with E-state index in [2.05, 4.69) is 61.3 Å². The van der Waals surface area contributed by atoms with Crippen LogP contribution in [0.1, 0.15) is 26.3 Å². The molecule has 1 aliphatic rings. The van der Waals surface area contributed by atoms with Gasteiger partial charge in [-0.15, -0.1) is 0 Å². The van der Waals surface area contributed by atoms with Gasteiger partial charge < -0.3 is 5.32 Å². The SMILES string of the molecule is CC(C)C1CN(C/C=C/Cl)C(C)(c2ccccc2)CN1. The lowest BCUT2D eigenvalue weighted by Gasteiger charge is -2.49. The van der Waals surface area contributed by atoms with Crippen LogP contribution in [0.15, 0.2) is 41.9 Å². The van der Waals surface area contributed by atoms with Crippen molar-refractivity contribution in [3.05, 3.63) is 47.5 Å². The van der Waals surface area contributed by atoms with Crippen LogP contribution in [-0.2, 0) is 5.54 Å². The van der Waals surface area contributed by atoms with E-state index in [1.54, 1.807) is 5.54 Å². The molecular weight excluding hydrogens is 268 g/mol. The van der Waals surface area contributed by atoms with Crippen molar-refractivity contribution in [3.8, 4) is 0 Å². The zero-order valence-electron chi connectivity index (χ0n) is 12.6. The Bertz CT molecular complexity index is 444. The van der Waals surface area contributed by atoms with E-state index < -0.39 is 0 Å². The molecule has 2 rings (SSSR count). The normalized spacial score (nSPS) is 28.4. The molecule has 1 saturated heterocycles. The van der Waals surface area contributed by atoms with Crippen LogP contribution < -0.4 is 5.32 Å². The van der Waals surface area contributed by atoms with Gasteiger partial charge in [0.25, 0.3) is 0 Å². The minimum Gasteiger partial charge on any atom is -0.310 e. The molecule has 1 aromatic carbocycles. The fourth-order valence-corrected chi connectivity index (χ4v) is 3.00. The monoisotopic (exact) mass is 292 g/mol. The third-order valence-electron chi connectivity index (χ3n) is 4.44. The van der Waals surface area contributed by atoms with Gasteiger partial charge in [0, 0.05) is 31.2 Å². The van der Waals surface area contributed by atoms with Gasteiger partial charge in [-0.25, -0.2) is 0 Å². The highest BCUT2D eigenvalue weighted by Crippen LogP contribution is 2.31. The average Bonchev–Trinajstić information content (AvgIpc) is 2.47. The first kappa shape index (κ1) is 15.6. The van der Waals surface area contributed by atoms with Gasteiger partial charge in [-0.2, -0.15) is 0 Å². The Kier molecular flexibility index (Phi) is 5.25. The molecule has 0 aromatic heterocycles. The van der Waals surface area contributed by atoms with E-state index in [0.717, 1.165) is 19.6 Å². The van der Waals surface area contributed by atoms with Crippen molar-refractivity contribution in [1.29, 1.82) is 0 Å². The van der Waals surface area contributed by atoms with E-state index in [1.165, 1.54) is 5.56 Å². The summed E-state index contributed by atoms with van der Waals surface area (Å²) >= 11 is 5.74. The fraction of sp³-hybridized carbons (Fsp3) is 0.529. The molecule has 0 spiro atoms. The molecule has 0 aliphatic carbocycles. The molecule has 1 N–H and O–H groups in total. The van der Waals surface area contributed by atoms with Crippen LogP contribution >= 0.6 is 11.6 Å². The van der Waals surface area contributed by atoms with E-state index in [-0.39, 0.29) is 5.54 Å². The van der Waals surface area contributed by atoms with Crippen molar-refractivity contribution in [2.24, 2.45) is 5.92 Å². The summed E-state index contributed by atoms with van der Waals surface area (Å²) in [6.07, 6.45) is 2.03. The lowest BCUT2D eigenvalue weighted by Crippen LogP contribution is -2.62. The number of hydrogen-bond acceptors (Lipinski definition) is 2. The maximum atomic E-state index is 5.74. The molecule has 2 nitrogen and oxygen atoms in total. The summed E-state index contributed by atoms with van der Waals surface area (Å²) in [4.78, 5) is 2.53. The molecule has 0 saturated carbocycles. The summed E-state index contributed by atoms with van der Waals surface area (Å²) in [5, 5.41) is 3.72. The quantitative estimate of drug-likeness (QED) is 0.912. The summed E-state index contributed by atoms with van der Waals surface area (Å²) in [5.41, 5.74) is 3.00. The zero-order chi connectivity index (χ0) is 14.6. The summed E-state index contributed by atoms with van der Waals surface area (Å²) in [7, 11) is 0. The molecule has 3 heteroatoms. The van der Waals surface area contributed by atoms with Crippen molar-refractivity contribution in [2.75, 3.05) is 19.6 Å². The topological polar surface area (TPSA) is 15.3 Å². The zero-order valence-corrected chi connectivity index (χ0v) is 13.4. The van der Waals surface area contributed by atoms with Gasteiger partial charge in [0.1, 0.15) is 0 Å². The minimum atomic E-state index is 0.0169. The molecule has 1 aliphatic heterocycles. The summed E-state index contributed by atoms with van der Waals surface area (Å²) in [6.45, 7) is 9.77. The van der Waals surface area contributed by atoms with Crippen molar-refractivity contribution < 1.29 is 0 Å². The second-order valence-corrected chi connectivity index (χ2v) is 6.39. The van der Waals surface area contributed by atoms with Gasteiger partial charge in [0.05, 0.1) is 5.54 Å². The summed E-state index contributed by atoms with van der Waals surface area (Å²) < 4.78 is 0. The Morgan fingerprint density at radius 1 is 1.40 bits per heavy atom. The first-order valence-electron chi connectivity index (χ1n) is 7.37. The minimum absolute atomic E-state index is 0.0169. The van der Waals surface area contributed by atoms with E-state index in [4.69, 9.17) is 11.6 Å². The molecule has 2 unspecified atom stereocenters. The number of hydrogen-bond donors (Lipinski definition) is 1. The standard InChI is InChI=1S/C17H25ClN2/c1-14(2)16-12-20(11-7-10-18)17(3,13-19-16)15-8-5-4-6-9-15/h4-10,14,16,19H,11-13H2,1-3H3/b10-7+. The largest absolute Gasteiger partial charge is 0.310 e. The van der Waals surface area contributed by atoms with Gasteiger partial charge in [-0.05, 0) is 18.4 Å². The molecule has 110 valence electrons. The smallest absolute Gasteiger partial charge is 0.0561 e. The van der Waals surface area contributed by atoms with Crippen LogP contribution in [0.2, 0.25) is 0 Å². The molecule has 1 heterocycles. The van der Waals surface area contributed by atoms with Crippen LogP contribution in [0.25, 0.3) is 0 Å². The lowest BCUT2D eigenvalue weighted by atomic mass is 9.85. The van der Waals surface area contributed by atoms with Crippen LogP contribution in [0.3, 0.4) is 0 Å². The Morgan fingerprint density at radius 3 is 2.70 bits per heavy atom. The van der Waals surface area contributed by atoms with Crippen LogP contribution in [0.4, 0.5) is 0 Å². The third kappa shape index (κ3) is 3.25. The van der Waals surface area contributed by atoms with Gasteiger partial charge in [0.15, 0.2) is 0 Å². The first-order valence-corrected chi connectivity index (χ1v) is 7.81. The van der Waals surface area contributed by atoms with Crippen molar-refractivity contribution in [3.63, 3.8) is 0 Å². The Balaban J connectivity index is 2.25. The van der Waals surface area contributed by atoms with Gasteiger partial charge >= 0.3 is 0 Å². The second-order valence-electron chi connectivity index (χ2n) is 6.14. The van der Waals surface area contributed by atoms with Crippen molar-refractivity contribution in [2.45, 2.75) is 32.4 Å². The predicted molar refractivity (Wildman–Crippen MR) is 87.0 cm³/mol. The van der Waals surface area contributed by atoms with Gasteiger partial charge in [0.2, 0.25) is 0 Å². The maximum absolute atomic E-state index is 5.74. The first-order chi connectivity index (χ1) is 9.58. The molecule has 2 atom stereocenters. The van der Waals surface area contributed by atoms with E-state index >= 15 is 0 Å². The van der Waals surface area contributed by atoms with E-state index in [9.17, 15) is 0 Å². The number of rotatable bonds is 4. The fourth-order valence-electron chi connectivity index (χ4n) is 2.92. The number of nitrogens with zero attached hydrogens (tertiary/aromatic N) is 1. The molecular formula is C17H25ClN2. The molecule has 1 fully saturated rings. The molecule has 0 radical (unpaired) electrons. The van der Waals surface area contributed by atoms with Crippen LogP contribution in [-0.4, -0.2) is 30.6 Å². The third-order valence-corrected chi connectivity index (χ3v) is 4.62. The highest BCUT2D eigenvalue weighted by Gasteiger charge is 2.39. The predicted octanol–water partition coefficient (Wildman–Crippen LogP) is 3.58. The molecule has 0 bridgehead atoms. The van der Waals surface area contributed by atoms with Crippen molar-refractivity contribution >= 4 is 11.6 Å². The van der Waals surface area contributed by atoms with Crippen molar-refractivity contribution in [1.82, 2.24) is 10.2 Å². The van der Waals surface area contributed by atoms with E-state index in [0.29, 0.717) is 12.0 Å². The summed E-state index contributed by atoms with van der Waals surface area (Å²) in [6, 6.07) is 11.3. The Morgan fingerprint density at radius 2 is 2.10 bits per heavy atom. The average molecular weight is 293 g/mol. The van der Waals surface area contributed by atoms with Gasteiger partial charge in [-0.3, -0.25) is 4.90 Å². The summed E-state index contributed by atoms with van der Waals surface area (Å²) in [5.74, 6) is 0.637. The molecule has 20 heavy (non-hydrogen) atoms. The maximum Gasteiger partial charge on any atom is 0.0561 e. The van der Waals surface area contributed by atoms with Crippen LogP contribution in [0, 0.1) is 5.92 Å². The number of piperazine rings is 1. The molecule has 1 aromatic rings. The van der Waals surface area contributed by atoms with Crippen LogP contribution in [0.5, 0.6) is 0 Å². The highest BCUT2D eigenvalue weighted by molar-refractivity contribution is 6.25.